The van der Waals surface area contributed by atoms with Crippen molar-refractivity contribution in [3.8, 4) is 17.2 Å². The summed E-state index contributed by atoms with van der Waals surface area (Å²) in [5.41, 5.74) is 3.59. The summed E-state index contributed by atoms with van der Waals surface area (Å²) in [7, 11) is 4.59. The maximum atomic E-state index is 13.5. The van der Waals surface area contributed by atoms with E-state index in [0.717, 1.165) is 0 Å². The summed E-state index contributed by atoms with van der Waals surface area (Å²) in [5.74, 6) is 1.11. The fourth-order valence-corrected chi connectivity index (χ4v) is 2.22. The van der Waals surface area contributed by atoms with Gasteiger partial charge in [0.25, 0.3) is 0 Å². The van der Waals surface area contributed by atoms with Gasteiger partial charge in [0.15, 0.2) is 16.6 Å². The van der Waals surface area contributed by atoms with Gasteiger partial charge >= 0.3 is 0 Å². The molecule has 2 N–H and O–H groups in total. The predicted octanol–water partition coefficient (Wildman–Crippen LogP) is 3.17. The Hall–Kier alpha value is -2.87. The van der Waals surface area contributed by atoms with Crippen molar-refractivity contribution in [1.29, 1.82) is 0 Å². The number of halogens is 1. The quantitative estimate of drug-likeness (QED) is 0.467. The summed E-state index contributed by atoms with van der Waals surface area (Å²) in [6.45, 7) is 0. The maximum absolute atomic E-state index is 13.5. The Morgan fingerprint density at radius 1 is 1.08 bits per heavy atom. The Bertz CT molecular complexity index is 758. The number of rotatable bonds is 6. The minimum atomic E-state index is -0.403. The molecule has 2 aromatic carbocycles. The molecular formula is C17H18FN3O3S. The van der Waals surface area contributed by atoms with Gasteiger partial charge in [-0.2, -0.15) is 5.10 Å². The number of benzene rings is 2. The summed E-state index contributed by atoms with van der Waals surface area (Å²) in [5, 5.41) is 6.90. The summed E-state index contributed by atoms with van der Waals surface area (Å²) < 4.78 is 29.3. The Morgan fingerprint density at radius 3 is 2.28 bits per heavy atom. The van der Waals surface area contributed by atoms with Crippen molar-refractivity contribution in [3.05, 3.63) is 47.8 Å². The van der Waals surface area contributed by atoms with Crippen molar-refractivity contribution in [2.24, 2.45) is 5.10 Å². The number of hydrogen-bond acceptors (Lipinski definition) is 5. The number of thiocarbonyl (C=S) groups is 1. The molecule has 0 aliphatic carbocycles. The zero-order valence-corrected chi connectivity index (χ0v) is 14.8. The zero-order valence-electron chi connectivity index (χ0n) is 14.0. The highest BCUT2D eigenvalue weighted by Crippen LogP contribution is 2.37. The van der Waals surface area contributed by atoms with Gasteiger partial charge in [-0.05, 0) is 36.5 Å². The molecule has 0 spiro atoms. The number of para-hydroxylation sites is 1. The predicted molar refractivity (Wildman–Crippen MR) is 99.4 cm³/mol. The fraction of sp³-hybridized carbons (Fsp3) is 0.176. The standard InChI is InChI=1S/C17H18FN3O3S/c1-22-14-8-11(9-15(23-2)16(14)24-3)10-19-21-17(25)20-13-7-5-4-6-12(13)18/h4-10H,1-3H3,(H2,20,21,25)/b19-10-. The molecule has 0 fully saturated rings. The molecule has 2 rings (SSSR count). The van der Waals surface area contributed by atoms with Crippen molar-refractivity contribution in [3.63, 3.8) is 0 Å². The second-order valence-electron chi connectivity index (χ2n) is 4.76. The molecule has 0 heterocycles. The van der Waals surface area contributed by atoms with Crippen molar-refractivity contribution in [2.45, 2.75) is 0 Å². The molecule has 0 aromatic heterocycles. The Balaban J connectivity index is 2.06. The van der Waals surface area contributed by atoms with Crippen LogP contribution in [0.4, 0.5) is 10.1 Å². The zero-order chi connectivity index (χ0) is 18.2. The topological polar surface area (TPSA) is 64.1 Å². The monoisotopic (exact) mass is 363 g/mol. The summed E-state index contributed by atoms with van der Waals surface area (Å²) in [6.07, 6.45) is 1.53. The van der Waals surface area contributed by atoms with Crippen LogP contribution in [0.3, 0.4) is 0 Å². The van der Waals surface area contributed by atoms with Crippen molar-refractivity contribution < 1.29 is 18.6 Å². The molecule has 0 saturated carbocycles. The first-order valence-corrected chi connectivity index (χ1v) is 7.64. The smallest absolute Gasteiger partial charge is 0.203 e. The second-order valence-corrected chi connectivity index (χ2v) is 5.17. The molecule has 0 amide bonds. The number of methoxy groups -OCH3 is 3. The molecule has 0 aliphatic heterocycles. The summed E-state index contributed by atoms with van der Waals surface area (Å²) in [6, 6.07) is 9.68. The van der Waals surface area contributed by atoms with Crippen LogP contribution in [0.2, 0.25) is 0 Å². The molecule has 0 unspecified atom stereocenters. The first-order valence-electron chi connectivity index (χ1n) is 7.23. The molecule has 6 nitrogen and oxygen atoms in total. The van der Waals surface area contributed by atoms with E-state index in [1.54, 1.807) is 30.3 Å². The first kappa shape index (κ1) is 18.5. The second kappa shape index (κ2) is 8.84. The third kappa shape index (κ3) is 4.80. The molecule has 25 heavy (non-hydrogen) atoms. The maximum Gasteiger partial charge on any atom is 0.203 e. The van der Waals surface area contributed by atoms with Crippen LogP contribution in [0.1, 0.15) is 5.56 Å². The van der Waals surface area contributed by atoms with Crippen LogP contribution < -0.4 is 25.0 Å². The lowest BCUT2D eigenvalue weighted by Gasteiger charge is -2.12. The fourth-order valence-electron chi connectivity index (χ4n) is 2.05. The van der Waals surface area contributed by atoms with Crippen LogP contribution in [0, 0.1) is 5.82 Å². The first-order chi connectivity index (χ1) is 12.1. The largest absolute Gasteiger partial charge is 0.493 e. The molecule has 2 aromatic rings. The van der Waals surface area contributed by atoms with E-state index in [2.05, 4.69) is 15.8 Å². The molecule has 132 valence electrons. The molecular weight excluding hydrogens is 345 g/mol. The third-order valence-electron chi connectivity index (χ3n) is 3.19. The Labute approximate surface area is 150 Å². The lowest BCUT2D eigenvalue weighted by Crippen LogP contribution is -2.24. The van der Waals surface area contributed by atoms with E-state index in [0.29, 0.717) is 22.8 Å². The summed E-state index contributed by atoms with van der Waals surface area (Å²) >= 11 is 5.08. The number of hydrogen-bond donors (Lipinski definition) is 2. The van der Waals surface area contributed by atoms with Crippen LogP contribution >= 0.6 is 12.2 Å². The van der Waals surface area contributed by atoms with Gasteiger partial charge in [-0.1, -0.05) is 12.1 Å². The number of hydrazone groups is 1. The van der Waals surface area contributed by atoms with Crippen molar-refractivity contribution >= 4 is 29.2 Å². The minimum absolute atomic E-state index is 0.161. The van der Waals surface area contributed by atoms with Gasteiger partial charge in [0.05, 0.1) is 33.2 Å². The van der Waals surface area contributed by atoms with E-state index in [1.165, 1.54) is 33.6 Å². The third-order valence-corrected chi connectivity index (χ3v) is 3.38. The van der Waals surface area contributed by atoms with Crippen LogP contribution in [0.25, 0.3) is 0 Å². The van der Waals surface area contributed by atoms with Gasteiger partial charge in [-0.3, -0.25) is 5.43 Å². The van der Waals surface area contributed by atoms with E-state index in [-0.39, 0.29) is 10.8 Å². The van der Waals surface area contributed by atoms with Gasteiger partial charge in [-0.15, -0.1) is 0 Å². The van der Waals surface area contributed by atoms with Crippen molar-refractivity contribution in [2.75, 3.05) is 26.6 Å². The van der Waals surface area contributed by atoms with Gasteiger partial charge in [0.2, 0.25) is 5.75 Å². The number of nitrogens with one attached hydrogen (secondary N) is 2. The molecule has 0 aliphatic rings. The van der Waals surface area contributed by atoms with Gasteiger partial charge < -0.3 is 19.5 Å². The average molecular weight is 363 g/mol. The highest BCUT2D eigenvalue weighted by molar-refractivity contribution is 7.80. The normalized spacial score (nSPS) is 10.4. The number of anilines is 1. The van der Waals surface area contributed by atoms with Gasteiger partial charge in [0, 0.05) is 5.56 Å². The highest BCUT2D eigenvalue weighted by atomic mass is 32.1. The SMILES string of the molecule is COc1cc(/C=N\NC(=S)Nc2ccccc2F)cc(OC)c1OC. The van der Waals surface area contributed by atoms with Crippen LogP contribution in [-0.2, 0) is 0 Å². The van der Waals surface area contributed by atoms with E-state index < -0.39 is 5.82 Å². The van der Waals surface area contributed by atoms with E-state index in [4.69, 9.17) is 26.4 Å². The summed E-state index contributed by atoms with van der Waals surface area (Å²) in [4.78, 5) is 0. The number of nitrogens with zero attached hydrogens (tertiary/aromatic N) is 1. The molecule has 0 atom stereocenters. The number of ether oxygens (including phenoxy) is 3. The van der Waals surface area contributed by atoms with Crippen LogP contribution in [0.5, 0.6) is 17.2 Å². The molecule has 0 saturated heterocycles. The minimum Gasteiger partial charge on any atom is -0.493 e. The van der Waals surface area contributed by atoms with E-state index in [9.17, 15) is 4.39 Å². The van der Waals surface area contributed by atoms with Crippen LogP contribution in [0.15, 0.2) is 41.5 Å². The van der Waals surface area contributed by atoms with E-state index >= 15 is 0 Å². The lowest BCUT2D eigenvalue weighted by atomic mass is 10.2. The van der Waals surface area contributed by atoms with Gasteiger partial charge in [0.1, 0.15) is 5.82 Å². The highest BCUT2D eigenvalue weighted by Gasteiger charge is 2.12. The molecule has 8 heteroatoms. The van der Waals surface area contributed by atoms with Gasteiger partial charge in [-0.25, -0.2) is 4.39 Å². The molecule has 0 bridgehead atoms. The Kier molecular flexibility index (Phi) is 6.53. The van der Waals surface area contributed by atoms with Crippen molar-refractivity contribution in [1.82, 2.24) is 5.43 Å². The van der Waals surface area contributed by atoms with Crippen LogP contribution in [-0.4, -0.2) is 32.7 Å². The average Bonchev–Trinajstić information content (AvgIpc) is 2.62. The Morgan fingerprint density at radius 2 is 1.72 bits per heavy atom. The van der Waals surface area contributed by atoms with E-state index in [1.807, 2.05) is 0 Å². The lowest BCUT2D eigenvalue weighted by molar-refractivity contribution is 0.324. The molecule has 0 radical (unpaired) electrons.